The van der Waals surface area contributed by atoms with Crippen molar-refractivity contribution in [1.29, 1.82) is 0 Å². The molecule has 1 amide bonds. The minimum atomic E-state index is -3.84. The second-order valence-electron chi connectivity index (χ2n) is 9.29. The molecule has 0 bridgehead atoms. The van der Waals surface area contributed by atoms with Crippen molar-refractivity contribution in [3.05, 3.63) is 35.9 Å². The van der Waals surface area contributed by atoms with Crippen molar-refractivity contribution in [3.8, 4) is 17.7 Å². The zero-order valence-corrected chi connectivity index (χ0v) is 21.8. The van der Waals surface area contributed by atoms with E-state index in [-0.39, 0.29) is 53.9 Å². The predicted octanol–water partition coefficient (Wildman–Crippen LogP) is 1.36. The van der Waals surface area contributed by atoms with Gasteiger partial charge in [-0.1, -0.05) is 32.6 Å². The summed E-state index contributed by atoms with van der Waals surface area (Å²) in [5.74, 6) is 5.76. The van der Waals surface area contributed by atoms with Crippen LogP contribution in [0.4, 0.5) is 0 Å². The van der Waals surface area contributed by atoms with Crippen molar-refractivity contribution >= 4 is 15.9 Å². The van der Waals surface area contributed by atoms with Gasteiger partial charge in [-0.05, 0) is 13.0 Å². The second-order valence-corrected chi connectivity index (χ2v) is 11.3. The van der Waals surface area contributed by atoms with Gasteiger partial charge in [0.05, 0.1) is 25.5 Å². The summed E-state index contributed by atoms with van der Waals surface area (Å²) < 4.78 is 35.0. The Bertz CT molecular complexity index is 1230. The third-order valence-electron chi connectivity index (χ3n) is 5.82. The van der Waals surface area contributed by atoms with Crippen molar-refractivity contribution < 1.29 is 23.1 Å². The Morgan fingerprint density at radius 3 is 2.63 bits per heavy atom. The lowest BCUT2D eigenvalue weighted by Crippen LogP contribution is -2.50. The van der Waals surface area contributed by atoms with E-state index in [9.17, 15) is 18.3 Å². The molecule has 1 N–H and O–H groups in total. The van der Waals surface area contributed by atoms with E-state index in [2.05, 4.69) is 21.8 Å². The van der Waals surface area contributed by atoms with Crippen molar-refractivity contribution in [3.63, 3.8) is 0 Å². The van der Waals surface area contributed by atoms with Crippen molar-refractivity contribution in [1.82, 2.24) is 23.7 Å². The predicted molar refractivity (Wildman–Crippen MR) is 130 cm³/mol. The molecule has 1 aliphatic heterocycles. The average molecular weight is 504 g/mol. The van der Waals surface area contributed by atoms with E-state index >= 15 is 0 Å². The lowest BCUT2D eigenvalue weighted by molar-refractivity contribution is 0.0373. The third kappa shape index (κ3) is 6.01. The fraction of sp³-hybridized carbons (Fsp3) is 0.542. The van der Waals surface area contributed by atoms with Crippen LogP contribution in [0.3, 0.4) is 0 Å². The first-order chi connectivity index (χ1) is 16.4. The summed E-state index contributed by atoms with van der Waals surface area (Å²) in [4.78, 5) is 23.3. The SMILES string of the molecule is CC(C)C#Cc1cnc2c(c1)C(=O)N([C@H](C)CO)C[C@H](C)[C@H](CN(C)S(=O)(=O)c1cn(C)cn1)O2. The van der Waals surface area contributed by atoms with Gasteiger partial charge in [0.15, 0.2) is 5.03 Å². The first kappa shape index (κ1) is 26.7. The smallest absolute Gasteiger partial charge is 0.261 e. The molecule has 0 unspecified atom stereocenters. The fourth-order valence-electron chi connectivity index (χ4n) is 3.65. The molecule has 3 atom stereocenters. The van der Waals surface area contributed by atoms with Gasteiger partial charge in [-0.3, -0.25) is 4.79 Å². The van der Waals surface area contributed by atoms with Gasteiger partial charge in [0.1, 0.15) is 11.7 Å². The molecule has 35 heavy (non-hydrogen) atoms. The van der Waals surface area contributed by atoms with Gasteiger partial charge in [0, 0.05) is 50.4 Å². The number of sulfonamides is 1. The van der Waals surface area contributed by atoms with Crippen molar-refractivity contribution in [2.24, 2.45) is 18.9 Å². The van der Waals surface area contributed by atoms with E-state index < -0.39 is 22.2 Å². The van der Waals surface area contributed by atoms with Gasteiger partial charge in [0.2, 0.25) is 5.88 Å². The summed E-state index contributed by atoms with van der Waals surface area (Å²) >= 11 is 0. The maximum Gasteiger partial charge on any atom is 0.261 e. The average Bonchev–Trinajstić information content (AvgIpc) is 3.26. The molecule has 10 nitrogen and oxygen atoms in total. The monoisotopic (exact) mass is 503 g/mol. The number of hydrogen-bond acceptors (Lipinski definition) is 7. The Morgan fingerprint density at radius 2 is 2.03 bits per heavy atom. The molecule has 1 aliphatic rings. The number of ether oxygens (including phenoxy) is 1. The highest BCUT2D eigenvalue weighted by molar-refractivity contribution is 7.89. The van der Waals surface area contributed by atoms with Crippen LogP contribution in [0.15, 0.2) is 29.8 Å². The number of aromatic nitrogens is 3. The van der Waals surface area contributed by atoms with Gasteiger partial charge >= 0.3 is 0 Å². The molecule has 0 aliphatic carbocycles. The van der Waals surface area contributed by atoms with E-state index in [1.54, 1.807) is 35.7 Å². The molecule has 3 rings (SSSR count). The van der Waals surface area contributed by atoms with Crippen molar-refractivity contribution in [2.45, 2.75) is 44.9 Å². The number of imidazole rings is 1. The van der Waals surface area contributed by atoms with E-state index in [4.69, 9.17) is 4.74 Å². The summed E-state index contributed by atoms with van der Waals surface area (Å²) in [7, 11) is -0.679. The molecule has 0 saturated carbocycles. The fourth-order valence-corrected chi connectivity index (χ4v) is 4.79. The lowest BCUT2D eigenvalue weighted by Gasteiger charge is -2.37. The molecular weight excluding hydrogens is 470 g/mol. The first-order valence-corrected chi connectivity index (χ1v) is 12.9. The lowest BCUT2D eigenvalue weighted by atomic mass is 10.00. The van der Waals surface area contributed by atoms with E-state index in [1.807, 2.05) is 20.8 Å². The molecule has 11 heteroatoms. The van der Waals surface area contributed by atoms with E-state index in [0.717, 1.165) is 0 Å². The molecule has 0 radical (unpaired) electrons. The molecule has 0 spiro atoms. The van der Waals surface area contributed by atoms with Crippen LogP contribution in [0.25, 0.3) is 0 Å². The van der Waals surface area contributed by atoms with Gasteiger partial charge in [-0.15, -0.1) is 0 Å². The zero-order valence-electron chi connectivity index (χ0n) is 21.0. The standard InChI is InChI=1S/C24H33N5O5S/c1-16(2)7-8-19-9-20-23(25-10-19)34-21(17(3)11-29(24(20)31)18(4)14-30)12-28(6)35(32,33)22-13-27(5)15-26-22/h9-10,13,15-18,21,30H,11-12,14H2,1-6H3/t17-,18+,21-/m0/s1. The van der Waals surface area contributed by atoms with Crippen LogP contribution in [0.5, 0.6) is 5.88 Å². The minimum Gasteiger partial charge on any atom is -0.472 e. The topological polar surface area (TPSA) is 118 Å². The molecule has 0 saturated heterocycles. The van der Waals surface area contributed by atoms with Crippen molar-refractivity contribution in [2.75, 3.05) is 26.7 Å². The number of rotatable bonds is 6. The Balaban J connectivity index is 1.99. The number of fused-ring (bicyclic) bond motifs is 1. The molecule has 2 aromatic rings. The Labute approximate surface area is 207 Å². The molecule has 190 valence electrons. The Kier molecular flexibility index (Phi) is 8.20. The number of pyridine rings is 1. The van der Waals surface area contributed by atoms with Gasteiger partial charge < -0.3 is 19.3 Å². The number of aryl methyl sites for hydroxylation is 1. The summed E-state index contributed by atoms with van der Waals surface area (Å²) in [5, 5.41) is 9.73. The number of carbonyl (C=O) groups excluding carboxylic acids is 1. The quantitative estimate of drug-likeness (QED) is 0.592. The highest BCUT2D eigenvalue weighted by Gasteiger charge is 2.36. The number of hydrogen-bond donors (Lipinski definition) is 1. The number of aliphatic hydroxyl groups is 1. The summed E-state index contributed by atoms with van der Waals surface area (Å²) in [6, 6.07) is 1.19. The number of likely N-dealkylation sites (N-methyl/N-ethyl adjacent to an activating group) is 1. The largest absolute Gasteiger partial charge is 0.472 e. The Morgan fingerprint density at radius 1 is 1.31 bits per heavy atom. The van der Waals surface area contributed by atoms with Crippen LogP contribution < -0.4 is 4.74 Å². The molecule has 0 fully saturated rings. The zero-order chi connectivity index (χ0) is 25.9. The summed E-state index contributed by atoms with van der Waals surface area (Å²) in [6.45, 7) is 7.64. The van der Waals surface area contributed by atoms with Crippen LogP contribution in [-0.4, -0.2) is 82.1 Å². The second kappa shape index (κ2) is 10.8. The van der Waals surface area contributed by atoms with Crippen LogP contribution in [0, 0.1) is 23.7 Å². The van der Waals surface area contributed by atoms with Crippen LogP contribution in [0.1, 0.15) is 43.6 Å². The van der Waals surface area contributed by atoms with E-state index in [0.29, 0.717) is 5.56 Å². The van der Waals surface area contributed by atoms with Crippen LogP contribution in [-0.2, 0) is 17.1 Å². The first-order valence-electron chi connectivity index (χ1n) is 11.5. The van der Waals surface area contributed by atoms with Gasteiger partial charge in [0.25, 0.3) is 15.9 Å². The third-order valence-corrected chi connectivity index (χ3v) is 7.53. The molecule has 0 aromatic carbocycles. The highest BCUT2D eigenvalue weighted by atomic mass is 32.2. The van der Waals surface area contributed by atoms with E-state index in [1.165, 1.54) is 23.9 Å². The molecule has 2 aromatic heterocycles. The number of aliphatic hydroxyl groups excluding tert-OH is 1. The number of carbonyl (C=O) groups is 1. The minimum absolute atomic E-state index is 0.0195. The van der Waals surface area contributed by atoms with Crippen LogP contribution in [0.2, 0.25) is 0 Å². The number of amides is 1. The van der Waals surface area contributed by atoms with Gasteiger partial charge in [-0.25, -0.2) is 18.4 Å². The molecular formula is C24H33N5O5S. The molecule has 3 heterocycles. The number of nitrogens with zero attached hydrogens (tertiary/aromatic N) is 5. The summed E-state index contributed by atoms with van der Waals surface area (Å²) in [6.07, 6.45) is 3.79. The normalized spacial score (nSPS) is 19.5. The maximum absolute atomic E-state index is 13.4. The van der Waals surface area contributed by atoms with Crippen LogP contribution >= 0.6 is 0 Å². The highest BCUT2D eigenvalue weighted by Crippen LogP contribution is 2.28. The summed E-state index contributed by atoms with van der Waals surface area (Å²) in [5.41, 5.74) is 0.805. The maximum atomic E-state index is 13.4. The van der Waals surface area contributed by atoms with Gasteiger partial charge in [-0.2, -0.15) is 4.31 Å². The Hall–Kier alpha value is -2.94.